The Kier molecular flexibility index (Phi) is 13.8. The molecule has 0 fully saturated rings. The molecule has 0 aliphatic carbocycles. The summed E-state index contributed by atoms with van der Waals surface area (Å²) in [5, 5.41) is 0. The van der Waals surface area contributed by atoms with Gasteiger partial charge in [-0.1, -0.05) is 0 Å². The molecule has 24 heavy (non-hydrogen) atoms. The standard InChI is InChI=1S/C17H38NO6/c1-8-18(12-15(19-5)22-9-2,13-16(20-6)23-10-3)14-17(21-7)24-11-4/h15-17H,8-14H2,1-7H3/q+1. The van der Waals surface area contributed by atoms with E-state index in [4.69, 9.17) is 28.4 Å². The normalized spacial score (nSPS) is 18.1. The van der Waals surface area contributed by atoms with E-state index in [-0.39, 0.29) is 18.9 Å². The Morgan fingerprint density at radius 2 is 0.875 bits per heavy atom. The maximum absolute atomic E-state index is 5.70. The lowest BCUT2D eigenvalue weighted by Gasteiger charge is -2.42. The maximum Gasteiger partial charge on any atom is 0.207 e. The van der Waals surface area contributed by atoms with Crippen molar-refractivity contribution >= 4 is 0 Å². The van der Waals surface area contributed by atoms with Crippen LogP contribution in [0, 0.1) is 0 Å². The molecule has 7 nitrogen and oxygen atoms in total. The Hall–Kier alpha value is -0.280. The van der Waals surface area contributed by atoms with E-state index in [0.29, 0.717) is 43.9 Å². The minimum absolute atomic E-state index is 0.298. The summed E-state index contributed by atoms with van der Waals surface area (Å²) in [7, 11) is 4.99. The molecule has 0 aromatic rings. The van der Waals surface area contributed by atoms with Gasteiger partial charge in [0.2, 0.25) is 18.9 Å². The van der Waals surface area contributed by atoms with Gasteiger partial charge in [0.1, 0.15) is 19.6 Å². The minimum atomic E-state index is -0.298. The number of rotatable bonds is 16. The summed E-state index contributed by atoms with van der Waals surface area (Å²) in [6.45, 7) is 12.7. The molecule has 0 aliphatic heterocycles. The molecule has 3 atom stereocenters. The van der Waals surface area contributed by atoms with Gasteiger partial charge in [-0.3, -0.25) is 0 Å². The van der Waals surface area contributed by atoms with Crippen LogP contribution in [0.25, 0.3) is 0 Å². The van der Waals surface area contributed by atoms with Gasteiger partial charge in [-0.2, -0.15) is 0 Å². The molecule has 0 aromatic heterocycles. The lowest BCUT2D eigenvalue weighted by Crippen LogP contribution is -2.60. The highest BCUT2D eigenvalue weighted by molar-refractivity contribution is 4.55. The fourth-order valence-electron chi connectivity index (χ4n) is 2.70. The van der Waals surface area contributed by atoms with Gasteiger partial charge in [0.15, 0.2) is 0 Å². The SMILES string of the molecule is CCOC(C[N+](CC)(CC(OC)OCC)CC(OC)OCC)OC. The molecule has 7 heteroatoms. The summed E-state index contributed by atoms with van der Waals surface area (Å²) >= 11 is 0. The third-order valence-corrected chi connectivity index (χ3v) is 4.13. The number of methoxy groups -OCH3 is 3. The Morgan fingerprint density at radius 1 is 0.583 bits per heavy atom. The van der Waals surface area contributed by atoms with Crippen molar-refractivity contribution < 1.29 is 32.9 Å². The van der Waals surface area contributed by atoms with Crippen molar-refractivity contribution in [3.05, 3.63) is 0 Å². The maximum atomic E-state index is 5.70. The van der Waals surface area contributed by atoms with Gasteiger partial charge in [0.05, 0.1) is 6.54 Å². The molecule has 0 N–H and O–H groups in total. The monoisotopic (exact) mass is 352 g/mol. The summed E-state index contributed by atoms with van der Waals surface area (Å²) in [6.07, 6.45) is -0.894. The second-order valence-electron chi connectivity index (χ2n) is 5.57. The molecule has 0 amide bonds. The van der Waals surface area contributed by atoms with Gasteiger partial charge in [0, 0.05) is 41.2 Å². The van der Waals surface area contributed by atoms with Crippen LogP contribution in [-0.2, 0) is 28.4 Å². The second-order valence-corrected chi connectivity index (χ2v) is 5.57. The third-order valence-electron chi connectivity index (χ3n) is 4.13. The molecular formula is C17H38NO6+. The van der Waals surface area contributed by atoms with Crippen LogP contribution in [0.2, 0.25) is 0 Å². The number of likely N-dealkylation sites (N-methyl/N-ethyl adjacent to an activating group) is 1. The van der Waals surface area contributed by atoms with Crippen LogP contribution < -0.4 is 0 Å². The van der Waals surface area contributed by atoms with Gasteiger partial charge in [-0.05, 0) is 27.7 Å². The number of quaternary nitrogens is 1. The van der Waals surface area contributed by atoms with E-state index in [0.717, 1.165) is 6.54 Å². The first-order chi connectivity index (χ1) is 11.5. The first kappa shape index (κ1) is 23.7. The highest BCUT2D eigenvalue weighted by Crippen LogP contribution is 2.17. The molecule has 3 unspecified atom stereocenters. The molecule has 0 aliphatic rings. The quantitative estimate of drug-likeness (QED) is 0.312. The second kappa shape index (κ2) is 13.9. The highest BCUT2D eigenvalue weighted by Gasteiger charge is 2.36. The van der Waals surface area contributed by atoms with E-state index in [2.05, 4.69) is 6.92 Å². The number of ether oxygens (including phenoxy) is 6. The molecule has 0 heterocycles. The Balaban J connectivity index is 5.30. The number of nitrogens with zero attached hydrogens (tertiary/aromatic N) is 1. The van der Waals surface area contributed by atoms with Crippen LogP contribution in [0.3, 0.4) is 0 Å². The summed E-state index contributed by atoms with van der Waals surface area (Å²) in [4.78, 5) is 0. The average molecular weight is 352 g/mol. The lowest BCUT2D eigenvalue weighted by atomic mass is 10.3. The van der Waals surface area contributed by atoms with Crippen molar-refractivity contribution in [2.24, 2.45) is 0 Å². The number of hydrogen-bond acceptors (Lipinski definition) is 6. The molecule has 0 radical (unpaired) electrons. The fraction of sp³-hybridized carbons (Fsp3) is 1.00. The summed E-state index contributed by atoms with van der Waals surface area (Å²) in [5.41, 5.74) is 0. The van der Waals surface area contributed by atoms with Crippen LogP contribution in [-0.4, -0.2) is 90.7 Å². The van der Waals surface area contributed by atoms with Crippen molar-refractivity contribution in [2.45, 2.75) is 46.6 Å². The molecule has 0 rings (SSSR count). The summed E-state index contributed by atoms with van der Waals surface area (Å²) in [6, 6.07) is 0. The highest BCUT2D eigenvalue weighted by atomic mass is 16.7. The van der Waals surface area contributed by atoms with Crippen LogP contribution in [0.5, 0.6) is 0 Å². The average Bonchev–Trinajstić information content (AvgIpc) is 2.60. The van der Waals surface area contributed by atoms with E-state index < -0.39 is 0 Å². The molecule has 146 valence electrons. The lowest BCUT2D eigenvalue weighted by molar-refractivity contribution is -0.941. The molecule has 0 bridgehead atoms. The fourth-order valence-corrected chi connectivity index (χ4v) is 2.70. The third kappa shape index (κ3) is 8.71. The first-order valence-electron chi connectivity index (χ1n) is 8.82. The Morgan fingerprint density at radius 3 is 1.04 bits per heavy atom. The number of hydrogen-bond donors (Lipinski definition) is 0. The van der Waals surface area contributed by atoms with Crippen LogP contribution in [0.4, 0.5) is 0 Å². The molecule has 0 saturated carbocycles. The summed E-state index contributed by atoms with van der Waals surface area (Å²) in [5.74, 6) is 0. The van der Waals surface area contributed by atoms with Crippen molar-refractivity contribution in [2.75, 3.05) is 67.3 Å². The zero-order chi connectivity index (χ0) is 18.4. The van der Waals surface area contributed by atoms with Gasteiger partial charge in [0.25, 0.3) is 0 Å². The van der Waals surface area contributed by atoms with E-state index in [1.807, 2.05) is 20.8 Å². The van der Waals surface area contributed by atoms with Crippen molar-refractivity contribution in [1.82, 2.24) is 0 Å². The van der Waals surface area contributed by atoms with Crippen molar-refractivity contribution in [1.29, 1.82) is 0 Å². The van der Waals surface area contributed by atoms with Gasteiger partial charge < -0.3 is 32.9 Å². The van der Waals surface area contributed by atoms with Crippen LogP contribution in [0.1, 0.15) is 27.7 Å². The smallest absolute Gasteiger partial charge is 0.207 e. The van der Waals surface area contributed by atoms with E-state index >= 15 is 0 Å². The van der Waals surface area contributed by atoms with Crippen molar-refractivity contribution in [3.63, 3.8) is 0 Å². The van der Waals surface area contributed by atoms with E-state index in [9.17, 15) is 0 Å². The van der Waals surface area contributed by atoms with Gasteiger partial charge in [-0.25, -0.2) is 0 Å². The van der Waals surface area contributed by atoms with Crippen LogP contribution in [0.15, 0.2) is 0 Å². The predicted octanol–water partition coefficient (Wildman–Crippen LogP) is 1.85. The largest absolute Gasteiger partial charge is 0.351 e. The topological polar surface area (TPSA) is 55.4 Å². The van der Waals surface area contributed by atoms with Crippen molar-refractivity contribution in [3.8, 4) is 0 Å². The molecule has 0 spiro atoms. The Labute approximate surface area is 147 Å². The zero-order valence-corrected chi connectivity index (χ0v) is 16.6. The molecule has 0 saturated heterocycles. The predicted molar refractivity (Wildman–Crippen MR) is 92.7 cm³/mol. The van der Waals surface area contributed by atoms with Gasteiger partial charge >= 0.3 is 0 Å². The zero-order valence-electron chi connectivity index (χ0n) is 16.6. The van der Waals surface area contributed by atoms with Crippen LogP contribution >= 0.6 is 0 Å². The first-order valence-corrected chi connectivity index (χ1v) is 8.82. The summed E-state index contributed by atoms with van der Waals surface area (Å²) < 4.78 is 34.2. The molecule has 0 aromatic carbocycles. The van der Waals surface area contributed by atoms with E-state index in [1.165, 1.54) is 0 Å². The molecular weight excluding hydrogens is 314 g/mol. The Bertz CT molecular complexity index is 251. The van der Waals surface area contributed by atoms with Gasteiger partial charge in [-0.15, -0.1) is 0 Å². The minimum Gasteiger partial charge on any atom is -0.351 e. The van der Waals surface area contributed by atoms with E-state index in [1.54, 1.807) is 21.3 Å².